The molecule has 0 atom stereocenters. The Balaban J connectivity index is 2.52. The number of carbonyl (C=O) groups excluding carboxylic acids is 1. The predicted molar refractivity (Wildman–Crippen MR) is 73.7 cm³/mol. The minimum atomic E-state index is -0.417. The molecule has 0 aromatic heterocycles. The van der Waals surface area contributed by atoms with Gasteiger partial charge in [-0.1, -0.05) is 35.5 Å². The second kappa shape index (κ2) is 8.58. The quantitative estimate of drug-likeness (QED) is 0.432. The molecular weight excluding hydrogens is 250 g/mol. The van der Waals surface area contributed by atoms with E-state index in [0.717, 1.165) is 5.56 Å². The molecule has 0 saturated heterocycles. The first kappa shape index (κ1) is 14.6. The molecule has 0 aliphatic carbocycles. The summed E-state index contributed by atoms with van der Waals surface area (Å²) in [5.41, 5.74) is 1.31. The van der Waals surface area contributed by atoms with Crippen molar-refractivity contribution in [2.75, 3.05) is 18.6 Å². The zero-order chi connectivity index (χ0) is 13.2. The molecule has 1 rings (SSSR count). The van der Waals surface area contributed by atoms with Crippen LogP contribution in [0.5, 0.6) is 0 Å². The molecule has 1 aromatic rings. The summed E-state index contributed by atoms with van der Waals surface area (Å²) in [6.07, 6.45) is 1.89. The third kappa shape index (κ3) is 5.23. The van der Waals surface area contributed by atoms with Gasteiger partial charge in [-0.3, -0.25) is 0 Å². The number of nitrogens with zero attached hydrogens (tertiary/aromatic N) is 1. The van der Waals surface area contributed by atoms with Gasteiger partial charge in [0.2, 0.25) is 0 Å². The molecule has 0 saturated carbocycles. The lowest BCUT2D eigenvalue weighted by molar-refractivity contribution is -0.135. The molecule has 0 fully saturated rings. The third-order valence-electron chi connectivity index (χ3n) is 2.04. The maximum absolute atomic E-state index is 11.5. The van der Waals surface area contributed by atoms with Gasteiger partial charge < -0.3 is 9.57 Å². The molecule has 18 heavy (non-hydrogen) atoms. The van der Waals surface area contributed by atoms with Crippen LogP contribution in [0.25, 0.3) is 0 Å². The molecule has 98 valence electrons. The molecule has 0 amide bonds. The van der Waals surface area contributed by atoms with Gasteiger partial charge in [0.15, 0.2) is 5.71 Å². The van der Waals surface area contributed by atoms with Gasteiger partial charge in [0, 0.05) is 5.75 Å². The van der Waals surface area contributed by atoms with E-state index in [1.54, 1.807) is 6.92 Å². The van der Waals surface area contributed by atoms with E-state index in [0.29, 0.717) is 24.7 Å². The predicted octanol–water partition coefficient (Wildman–Crippen LogP) is 2.49. The number of ether oxygens (including phenoxy) is 1. The summed E-state index contributed by atoms with van der Waals surface area (Å²) in [5.74, 6) is 0.0630. The van der Waals surface area contributed by atoms with Crippen LogP contribution in [-0.4, -0.2) is 30.3 Å². The molecule has 0 aliphatic heterocycles. The normalized spacial score (nSPS) is 11.1. The summed E-state index contributed by atoms with van der Waals surface area (Å²) in [5, 5.41) is 3.85. The number of oxime groups is 1. The lowest BCUT2D eigenvalue weighted by Crippen LogP contribution is -2.20. The maximum Gasteiger partial charge on any atom is 0.356 e. The van der Waals surface area contributed by atoms with E-state index in [2.05, 4.69) is 5.16 Å². The van der Waals surface area contributed by atoms with E-state index in [1.807, 2.05) is 36.6 Å². The van der Waals surface area contributed by atoms with Gasteiger partial charge in [-0.15, -0.1) is 0 Å². The first-order valence-electron chi connectivity index (χ1n) is 5.66. The monoisotopic (exact) mass is 267 g/mol. The minimum Gasteiger partial charge on any atom is -0.461 e. The number of esters is 1. The summed E-state index contributed by atoms with van der Waals surface area (Å²) in [6, 6.07) is 9.67. The van der Waals surface area contributed by atoms with Gasteiger partial charge >= 0.3 is 5.97 Å². The van der Waals surface area contributed by atoms with Crippen LogP contribution in [0.3, 0.4) is 0 Å². The van der Waals surface area contributed by atoms with Crippen molar-refractivity contribution in [1.29, 1.82) is 0 Å². The van der Waals surface area contributed by atoms with Gasteiger partial charge in [-0.2, -0.15) is 11.8 Å². The van der Waals surface area contributed by atoms with Crippen LogP contribution in [0.2, 0.25) is 0 Å². The average molecular weight is 267 g/mol. The molecule has 0 bridgehead atoms. The minimum absolute atomic E-state index is 0.306. The maximum atomic E-state index is 11.5. The zero-order valence-corrected chi connectivity index (χ0v) is 11.4. The fourth-order valence-electron chi connectivity index (χ4n) is 1.23. The number of carbonyl (C=O) groups is 1. The molecule has 1 aromatic carbocycles. The Kier molecular flexibility index (Phi) is 6.94. The summed E-state index contributed by atoms with van der Waals surface area (Å²) >= 11 is 1.50. The van der Waals surface area contributed by atoms with E-state index in [-0.39, 0.29) is 0 Å². The molecule has 0 spiro atoms. The second-order valence-corrected chi connectivity index (χ2v) is 4.32. The van der Waals surface area contributed by atoms with Crippen molar-refractivity contribution in [3.63, 3.8) is 0 Å². The Bertz CT molecular complexity index is 392. The number of thioether (sulfide) groups is 1. The van der Waals surface area contributed by atoms with Gasteiger partial charge in [0.1, 0.15) is 6.61 Å². The summed E-state index contributed by atoms with van der Waals surface area (Å²) in [6.45, 7) is 2.45. The number of benzene rings is 1. The van der Waals surface area contributed by atoms with Crippen molar-refractivity contribution >= 4 is 23.4 Å². The van der Waals surface area contributed by atoms with Crippen molar-refractivity contribution < 1.29 is 14.4 Å². The van der Waals surface area contributed by atoms with Crippen molar-refractivity contribution in [2.45, 2.75) is 13.5 Å². The van der Waals surface area contributed by atoms with Crippen LogP contribution in [0.15, 0.2) is 35.5 Å². The van der Waals surface area contributed by atoms with E-state index in [4.69, 9.17) is 9.57 Å². The van der Waals surface area contributed by atoms with Crippen molar-refractivity contribution in [3.05, 3.63) is 35.9 Å². The summed E-state index contributed by atoms with van der Waals surface area (Å²) < 4.78 is 4.90. The van der Waals surface area contributed by atoms with E-state index < -0.39 is 5.97 Å². The van der Waals surface area contributed by atoms with Crippen LogP contribution in [-0.2, 0) is 21.0 Å². The molecule has 4 nitrogen and oxygen atoms in total. The SMILES string of the molecule is CCOC(=O)C(CSC)=NOCc1ccccc1. The van der Waals surface area contributed by atoms with Gasteiger partial charge in [0.05, 0.1) is 6.61 Å². The summed E-state index contributed by atoms with van der Waals surface area (Å²) in [7, 11) is 0. The van der Waals surface area contributed by atoms with Gasteiger partial charge in [-0.25, -0.2) is 4.79 Å². The van der Waals surface area contributed by atoms with Crippen molar-refractivity contribution in [1.82, 2.24) is 0 Å². The lowest BCUT2D eigenvalue weighted by atomic mass is 10.2. The number of hydrogen-bond donors (Lipinski definition) is 0. The second-order valence-electron chi connectivity index (χ2n) is 3.45. The van der Waals surface area contributed by atoms with Crippen LogP contribution in [0.4, 0.5) is 0 Å². The standard InChI is InChI=1S/C13H17NO3S/c1-3-16-13(15)12(10-18-2)14-17-9-11-7-5-4-6-8-11/h4-8H,3,9-10H2,1-2H3. The van der Waals surface area contributed by atoms with Gasteiger partial charge in [0.25, 0.3) is 0 Å². The first-order valence-corrected chi connectivity index (χ1v) is 7.06. The highest BCUT2D eigenvalue weighted by molar-refractivity contribution is 7.99. The Morgan fingerprint density at radius 1 is 1.33 bits per heavy atom. The third-order valence-corrected chi connectivity index (χ3v) is 2.60. The Hall–Kier alpha value is -1.49. The lowest BCUT2D eigenvalue weighted by Gasteiger charge is -2.05. The molecule has 0 aliphatic rings. The fraction of sp³-hybridized carbons (Fsp3) is 0.385. The Labute approximate surface area is 111 Å². The largest absolute Gasteiger partial charge is 0.461 e. The molecule has 0 unspecified atom stereocenters. The Morgan fingerprint density at radius 3 is 2.67 bits per heavy atom. The molecule has 5 heteroatoms. The summed E-state index contributed by atoms with van der Waals surface area (Å²) in [4.78, 5) is 16.7. The van der Waals surface area contributed by atoms with Crippen LogP contribution in [0, 0.1) is 0 Å². The highest BCUT2D eigenvalue weighted by Gasteiger charge is 2.12. The molecular formula is C13H17NO3S. The van der Waals surface area contributed by atoms with E-state index in [9.17, 15) is 4.79 Å². The molecule has 0 heterocycles. The van der Waals surface area contributed by atoms with Crippen molar-refractivity contribution in [2.24, 2.45) is 5.16 Å². The number of hydrogen-bond acceptors (Lipinski definition) is 5. The fourth-order valence-corrected chi connectivity index (χ4v) is 1.68. The van der Waals surface area contributed by atoms with E-state index >= 15 is 0 Å². The van der Waals surface area contributed by atoms with Crippen LogP contribution >= 0.6 is 11.8 Å². The van der Waals surface area contributed by atoms with Crippen LogP contribution in [0.1, 0.15) is 12.5 Å². The number of rotatable bonds is 7. The van der Waals surface area contributed by atoms with Gasteiger partial charge in [-0.05, 0) is 18.7 Å². The van der Waals surface area contributed by atoms with Crippen LogP contribution < -0.4 is 0 Å². The molecule has 0 N–H and O–H groups in total. The van der Waals surface area contributed by atoms with Crippen molar-refractivity contribution in [3.8, 4) is 0 Å². The van der Waals surface area contributed by atoms with E-state index in [1.165, 1.54) is 11.8 Å². The molecule has 0 radical (unpaired) electrons. The first-order chi connectivity index (χ1) is 8.77. The smallest absolute Gasteiger partial charge is 0.356 e. The average Bonchev–Trinajstić information content (AvgIpc) is 2.39. The Morgan fingerprint density at radius 2 is 2.06 bits per heavy atom. The zero-order valence-electron chi connectivity index (χ0n) is 10.6. The topological polar surface area (TPSA) is 47.9 Å². The highest BCUT2D eigenvalue weighted by Crippen LogP contribution is 2.03. The highest BCUT2D eigenvalue weighted by atomic mass is 32.2.